The second kappa shape index (κ2) is 9.68. The Kier molecular flexibility index (Phi) is 7.02. The molecule has 150 valence electrons. The van der Waals surface area contributed by atoms with Gasteiger partial charge in [-0.2, -0.15) is 9.97 Å². The Morgan fingerprint density at radius 1 is 1.11 bits per heavy atom. The highest BCUT2D eigenvalue weighted by Gasteiger charge is 2.17. The van der Waals surface area contributed by atoms with Crippen LogP contribution in [-0.2, 0) is 13.1 Å². The Labute approximate surface area is 168 Å². The van der Waals surface area contributed by atoms with Crippen molar-refractivity contribution in [3.8, 4) is 0 Å². The van der Waals surface area contributed by atoms with Crippen LogP contribution in [0, 0.1) is 0 Å². The smallest absolute Gasteiger partial charge is 0.229 e. The molecule has 0 fully saturated rings. The van der Waals surface area contributed by atoms with E-state index in [1.807, 2.05) is 28.8 Å². The lowest BCUT2D eigenvalue weighted by Gasteiger charge is -2.21. The third kappa shape index (κ3) is 4.70. The number of nitrogens with one attached hydrogen (secondary N) is 1. The highest BCUT2D eigenvalue weighted by molar-refractivity contribution is 6.30. The molecule has 0 aliphatic heterocycles. The Balaban J connectivity index is 1.97. The third-order valence-corrected chi connectivity index (χ3v) is 4.56. The van der Waals surface area contributed by atoms with E-state index < -0.39 is 0 Å². The van der Waals surface area contributed by atoms with Crippen LogP contribution in [0.1, 0.15) is 18.9 Å². The van der Waals surface area contributed by atoms with Gasteiger partial charge in [0.25, 0.3) is 0 Å². The molecule has 28 heavy (non-hydrogen) atoms. The lowest BCUT2D eigenvalue weighted by atomic mass is 10.2. The van der Waals surface area contributed by atoms with Crippen LogP contribution in [0.2, 0.25) is 5.02 Å². The normalized spacial score (nSPS) is 11.1. The van der Waals surface area contributed by atoms with Crippen molar-refractivity contribution in [2.45, 2.75) is 26.4 Å². The van der Waals surface area contributed by atoms with Gasteiger partial charge in [0, 0.05) is 31.2 Å². The van der Waals surface area contributed by atoms with Crippen LogP contribution in [0.3, 0.4) is 0 Å². The minimum absolute atomic E-state index is 0.0524. The molecule has 0 saturated heterocycles. The van der Waals surface area contributed by atoms with Crippen molar-refractivity contribution >= 4 is 34.5 Å². The van der Waals surface area contributed by atoms with Gasteiger partial charge in [0.05, 0.1) is 19.5 Å². The van der Waals surface area contributed by atoms with E-state index in [1.54, 1.807) is 11.2 Å². The topological polar surface area (TPSA) is 99.3 Å². The van der Waals surface area contributed by atoms with E-state index in [0.717, 1.165) is 24.2 Å². The number of benzene rings is 1. The zero-order valence-electron chi connectivity index (χ0n) is 15.8. The standard InChI is InChI=1S/C19H25ClN6O2/c1-2-7-26-13-22-16-17(21-12-14-3-5-15(20)6-4-14)23-19(24-18(16)26)25(8-10-27)9-11-28/h3-6,13,27-28H,2,7-12H2,1H3,(H,21,23,24). The number of hydrogen-bond donors (Lipinski definition) is 3. The van der Waals surface area contributed by atoms with Crippen LogP contribution >= 0.6 is 11.6 Å². The van der Waals surface area contributed by atoms with Crippen LogP contribution in [-0.4, -0.2) is 56.0 Å². The second-order valence-electron chi connectivity index (χ2n) is 6.40. The molecule has 0 aliphatic rings. The maximum absolute atomic E-state index is 9.36. The predicted octanol–water partition coefficient (Wildman–Crippen LogP) is 2.29. The molecule has 0 atom stereocenters. The van der Waals surface area contributed by atoms with E-state index in [-0.39, 0.29) is 13.2 Å². The van der Waals surface area contributed by atoms with Crippen molar-refractivity contribution in [2.75, 3.05) is 36.5 Å². The molecule has 3 aromatic rings. The van der Waals surface area contributed by atoms with Gasteiger partial charge in [0.15, 0.2) is 17.0 Å². The molecule has 1 aromatic carbocycles. The Morgan fingerprint density at radius 2 is 1.82 bits per heavy atom. The SMILES string of the molecule is CCCn1cnc2c(NCc3ccc(Cl)cc3)nc(N(CCO)CCO)nc21. The van der Waals surface area contributed by atoms with E-state index in [0.29, 0.717) is 41.9 Å². The van der Waals surface area contributed by atoms with Crippen molar-refractivity contribution in [1.82, 2.24) is 19.5 Å². The molecule has 0 spiro atoms. The van der Waals surface area contributed by atoms with Gasteiger partial charge < -0.3 is 25.0 Å². The molecule has 9 heteroatoms. The summed E-state index contributed by atoms with van der Waals surface area (Å²) in [4.78, 5) is 15.5. The fourth-order valence-electron chi connectivity index (χ4n) is 2.94. The molecule has 3 N–H and O–H groups in total. The average Bonchev–Trinajstić information content (AvgIpc) is 3.10. The maximum Gasteiger partial charge on any atom is 0.229 e. The third-order valence-electron chi connectivity index (χ3n) is 4.31. The quantitative estimate of drug-likeness (QED) is 0.476. The molecule has 0 amide bonds. The highest BCUT2D eigenvalue weighted by Crippen LogP contribution is 2.23. The lowest BCUT2D eigenvalue weighted by molar-refractivity contribution is 0.280. The second-order valence-corrected chi connectivity index (χ2v) is 6.83. The first kappa shape index (κ1) is 20.3. The van der Waals surface area contributed by atoms with Gasteiger partial charge in [-0.3, -0.25) is 0 Å². The largest absolute Gasteiger partial charge is 0.395 e. The summed E-state index contributed by atoms with van der Waals surface area (Å²) in [7, 11) is 0. The highest BCUT2D eigenvalue weighted by atomic mass is 35.5. The summed E-state index contributed by atoms with van der Waals surface area (Å²) in [6.07, 6.45) is 2.72. The summed E-state index contributed by atoms with van der Waals surface area (Å²) in [5, 5.41) is 22.7. The Hall–Kier alpha value is -2.42. The monoisotopic (exact) mass is 404 g/mol. The number of aliphatic hydroxyl groups excluding tert-OH is 2. The molecule has 8 nitrogen and oxygen atoms in total. The van der Waals surface area contributed by atoms with Crippen molar-refractivity contribution in [3.05, 3.63) is 41.2 Å². The fraction of sp³-hybridized carbons (Fsp3) is 0.421. The zero-order valence-corrected chi connectivity index (χ0v) is 16.6. The minimum Gasteiger partial charge on any atom is -0.395 e. The maximum atomic E-state index is 9.36. The number of hydrogen-bond acceptors (Lipinski definition) is 7. The molecule has 3 rings (SSSR count). The molecule has 2 heterocycles. The van der Waals surface area contributed by atoms with Crippen molar-refractivity contribution in [2.24, 2.45) is 0 Å². The Bertz CT molecular complexity index is 893. The number of fused-ring (bicyclic) bond motifs is 1. The van der Waals surface area contributed by atoms with E-state index in [9.17, 15) is 10.2 Å². The van der Waals surface area contributed by atoms with Crippen LogP contribution in [0.15, 0.2) is 30.6 Å². The zero-order chi connectivity index (χ0) is 19.9. The van der Waals surface area contributed by atoms with E-state index in [2.05, 4.69) is 27.2 Å². The van der Waals surface area contributed by atoms with Gasteiger partial charge in [-0.15, -0.1) is 0 Å². The van der Waals surface area contributed by atoms with Crippen LogP contribution in [0.4, 0.5) is 11.8 Å². The minimum atomic E-state index is -0.0524. The lowest BCUT2D eigenvalue weighted by Crippen LogP contribution is -2.31. The number of aliphatic hydroxyl groups is 2. The summed E-state index contributed by atoms with van der Waals surface area (Å²) in [5.41, 5.74) is 2.48. The number of imidazole rings is 1. The van der Waals surface area contributed by atoms with Crippen LogP contribution < -0.4 is 10.2 Å². The van der Waals surface area contributed by atoms with Gasteiger partial charge >= 0.3 is 0 Å². The number of nitrogens with zero attached hydrogens (tertiary/aromatic N) is 5. The van der Waals surface area contributed by atoms with Crippen LogP contribution in [0.25, 0.3) is 11.2 Å². The van der Waals surface area contributed by atoms with Crippen molar-refractivity contribution in [3.63, 3.8) is 0 Å². The number of rotatable bonds is 10. The van der Waals surface area contributed by atoms with Gasteiger partial charge in [-0.1, -0.05) is 30.7 Å². The van der Waals surface area contributed by atoms with Gasteiger partial charge in [-0.05, 0) is 24.1 Å². The summed E-state index contributed by atoms with van der Waals surface area (Å²) in [6, 6.07) is 7.60. The fourth-order valence-corrected chi connectivity index (χ4v) is 3.07. The molecule has 0 unspecified atom stereocenters. The van der Waals surface area contributed by atoms with Gasteiger partial charge in [0.2, 0.25) is 5.95 Å². The first-order chi connectivity index (χ1) is 13.7. The molecule has 0 saturated carbocycles. The number of anilines is 2. The van der Waals surface area contributed by atoms with E-state index in [1.165, 1.54) is 0 Å². The van der Waals surface area contributed by atoms with Crippen molar-refractivity contribution < 1.29 is 10.2 Å². The summed E-state index contributed by atoms with van der Waals surface area (Å²) in [6.45, 7) is 4.02. The number of aromatic nitrogens is 4. The summed E-state index contributed by atoms with van der Waals surface area (Å²) >= 11 is 5.95. The van der Waals surface area contributed by atoms with Gasteiger partial charge in [-0.25, -0.2) is 4.98 Å². The van der Waals surface area contributed by atoms with Crippen LogP contribution in [0.5, 0.6) is 0 Å². The average molecular weight is 405 g/mol. The van der Waals surface area contributed by atoms with Crippen molar-refractivity contribution in [1.29, 1.82) is 0 Å². The molecule has 0 aliphatic carbocycles. The number of aryl methyl sites for hydroxylation is 1. The molecule has 2 aromatic heterocycles. The molecular weight excluding hydrogens is 380 g/mol. The first-order valence-electron chi connectivity index (χ1n) is 9.34. The predicted molar refractivity (Wildman–Crippen MR) is 111 cm³/mol. The van der Waals surface area contributed by atoms with E-state index >= 15 is 0 Å². The first-order valence-corrected chi connectivity index (χ1v) is 9.72. The molecule has 0 radical (unpaired) electrons. The summed E-state index contributed by atoms with van der Waals surface area (Å²) in [5.74, 6) is 1.07. The van der Waals surface area contributed by atoms with Gasteiger partial charge in [0.1, 0.15) is 0 Å². The van der Waals surface area contributed by atoms with E-state index in [4.69, 9.17) is 11.6 Å². The molecular formula is C19H25ClN6O2. The molecule has 0 bridgehead atoms. The number of halogens is 1. The summed E-state index contributed by atoms with van der Waals surface area (Å²) < 4.78 is 1.99. The Morgan fingerprint density at radius 3 is 2.46 bits per heavy atom.